The van der Waals surface area contributed by atoms with Crippen molar-refractivity contribution in [2.24, 2.45) is 0 Å². The molecule has 0 atom stereocenters. The van der Waals surface area contributed by atoms with Gasteiger partial charge < -0.3 is 4.57 Å². The van der Waals surface area contributed by atoms with Crippen molar-refractivity contribution >= 4 is 0 Å². The van der Waals surface area contributed by atoms with E-state index >= 15 is 0 Å². The van der Waals surface area contributed by atoms with Crippen LogP contribution in [0.3, 0.4) is 0 Å². The maximum Gasteiger partial charge on any atom is 0.105 e. The number of hydrogen-bond acceptors (Lipinski definition) is 1. The van der Waals surface area contributed by atoms with Crippen molar-refractivity contribution in [1.82, 2.24) is 9.55 Å². The lowest BCUT2D eigenvalue weighted by molar-refractivity contribution is 0.462. The average molecular weight is 152 g/mol. The van der Waals surface area contributed by atoms with E-state index < -0.39 is 0 Å². The standard InChI is InChI=1S/C9H16N2/c1-4-9(5-2)11-7-6-10-8(11)3/h6-7,9H,4-5H2,1-3H3. The summed E-state index contributed by atoms with van der Waals surface area (Å²) in [6, 6.07) is 0.637. The first-order valence-corrected chi connectivity index (χ1v) is 4.29. The van der Waals surface area contributed by atoms with Gasteiger partial charge in [0.2, 0.25) is 0 Å². The second kappa shape index (κ2) is 3.56. The van der Waals surface area contributed by atoms with Crippen molar-refractivity contribution in [2.45, 2.75) is 39.7 Å². The Balaban J connectivity index is 2.81. The average Bonchev–Trinajstić information content (AvgIpc) is 2.40. The molecule has 0 N–H and O–H groups in total. The minimum atomic E-state index is 0.637. The molecule has 62 valence electrons. The van der Waals surface area contributed by atoms with Crippen molar-refractivity contribution in [3.63, 3.8) is 0 Å². The summed E-state index contributed by atoms with van der Waals surface area (Å²) in [5, 5.41) is 0. The Hall–Kier alpha value is -0.790. The predicted molar refractivity (Wildman–Crippen MR) is 46.6 cm³/mol. The number of nitrogens with zero attached hydrogens (tertiary/aromatic N) is 2. The molecule has 0 spiro atoms. The van der Waals surface area contributed by atoms with Gasteiger partial charge in [0.15, 0.2) is 0 Å². The number of imidazole rings is 1. The van der Waals surface area contributed by atoms with E-state index in [1.807, 2.05) is 6.20 Å². The van der Waals surface area contributed by atoms with Gasteiger partial charge in [0.05, 0.1) is 0 Å². The van der Waals surface area contributed by atoms with Crippen LogP contribution in [-0.4, -0.2) is 9.55 Å². The van der Waals surface area contributed by atoms with Crippen molar-refractivity contribution in [1.29, 1.82) is 0 Å². The van der Waals surface area contributed by atoms with Crippen LogP contribution in [0.4, 0.5) is 0 Å². The highest BCUT2D eigenvalue weighted by Gasteiger charge is 2.06. The molecule has 2 heteroatoms. The van der Waals surface area contributed by atoms with E-state index in [1.165, 1.54) is 12.8 Å². The third-order valence-electron chi connectivity index (χ3n) is 2.20. The zero-order valence-corrected chi connectivity index (χ0v) is 7.54. The summed E-state index contributed by atoms with van der Waals surface area (Å²) < 4.78 is 2.25. The molecule has 1 heterocycles. The maximum atomic E-state index is 4.20. The van der Waals surface area contributed by atoms with Crippen molar-refractivity contribution in [2.75, 3.05) is 0 Å². The molecule has 0 unspecified atom stereocenters. The van der Waals surface area contributed by atoms with Crippen LogP contribution in [0, 0.1) is 6.92 Å². The highest BCUT2D eigenvalue weighted by atomic mass is 15.1. The Labute approximate surface area is 68.3 Å². The summed E-state index contributed by atoms with van der Waals surface area (Å²) in [6.45, 7) is 6.49. The Morgan fingerprint density at radius 1 is 1.45 bits per heavy atom. The van der Waals surface area contributed by atoms with Gasteiger partial charge in [-0.05, 0) is 19.8 Å². The molecule has 0 amide bonds. The van der Waals surface area contributed by atoms with Gasteiger partial charge in [-0.25, -0.2) is 4.98 Å². The smallest absolute Gasteiger partial charge is 0.105 e. The normalized spacial score (nSPS) is 10.9. The van der Waals surface area contributed by atoms with Gasteiger partial charge in [0, 0.05) is 18.4 Å². The minimum absolute atomic E-state index is 0.637. The molecule has 0 fully saturated rings. The van der Waals surface area contributed by atoms with E-state index in [2.05, 4.69) is 36.5 Å². The third-order valence-corrected chi connectivity index (χ3v) is 2.20. The van der Waals surface area contributed by atoms with Crippen molar-refractivity contribution in [3.05, 3.63) is 18.2 Å². The maximum absolute atomic E-state index is 4.20. The molecule has 0 saturated heterocycles. The molecule has 0 saturated carbocycles. The second-order valence-corrected chi connectivity index (χ2v) is 2.85. The quantitative estimate of drug-likeness (QED) is 0.650. The number of aryl methyl sites for hydroxylation is 1. The zero-order chi connectivity index (χ0) is 8.27. The van der Waals surface area contributed by atoms with Crippen LogP contribution >= 0.6 is 0 Å². The monoisotopic (exact) mass is 152 g/mol. The lowest BCUT2D eigenvalue weighted by Gasteiger charge is -2.15. The lowest BCUT2D eigenvalue weighted by Crippen LogP contribution is -2.07. The Bertz CT molecular complexity index is 211. The molecular formula is C9H16N2. The molecule has 1 aromatic rings. The van der Waals surface area contributed by atoms with Crippen LogP contribution in [0.25, 0.3) is 0 Å². The Morgan fingerprint density at radius 3 is 2.45 bits per heavy atom. The molecule has 0 bridgehead atoms. The molecule has 0 aliphatic rings. The topological polar surface area (TPSA) is 17.8 Å². The van der Waals surface area contributed by atoms with Crippen molar-refractivity contribution < 1.29 is 0 Å². The van der Waals surface area contributed by atoms with Gasteiger partial charge in [-0.2, -0.15) is 0 Å². The van der Waals surface area contributed by atoms with Crippen LogP contribution < -0.4 is 0 Å². The third kappa shape index (κ3) is 1.62. The zero-order valence-electron chi connectivity index (χ0n) is 7.54. The second-order valence-electron chi connectivity index (χ2n) is 2.85. The van der Waals surface area contributed by atoms with Crippen LogP contribution in [0.2, 0.25) is 0 Å². The fourth-order valence-corrected chi connectivity index (χ4v) is 1.46. The largest absolute Gasteiger partial charge is 0.332 e. The van der Waals surface area contributed by atoms with E-state index in [4.69, 9.17) is 0 Å². The first kappa shape index (κ1) is 8.31. The molecule has 1 aromatic heterocycles. The summed E-state index contributed by atoms with van der Waals surface area (Å²) in [4.78, 5) is 4.20. The molecule has 0 aromatic carbocycles. The van der Waals surface area contributed by atoms with E-state index in [9.17, 15) is 0 Å². The van der Waals surface area contributed by atoms with Gasteiger partial charge in [0.1, 0.15) is 5.82 Å². The van der Waals surface area contributed by atoms with Gasteiger partial charge in [-0.1, -0.05) is 13.8 Å². The van der Waals surface area contributed by atoms with E-state index in [1.54, 1.807) is 0 Å². The Morgan fingerprint density at radius 2 is 2.09 bits per heavy atom. The SMILES string of the molecule is CCC(CC)n1ccnc1C. The van der Waals surface area contributed by atoms with E-state index in [0.717, 1.165) is 5.82 Å². The molecule has 0 radical (unpaired) electrons. The highest BCUT2D eigenvalue weighted by Crippen LogP contribution is 2.16. The molecule has 2 nitrogen and oxygen atoms in total. The molecule has 0 aliphatic heterocycles. The lowest BCUT2D eigenvalue weighted by atomic mass is 10.2. The number of rotatable bonds is 3. The first-order valence-electron chi connectivity index (χ1n) is 4.29. The predicted octanol–water partition coefficient (Wildman–Crippen LogP) is 2.55. The molecule has 1 rings (SSSR count). The van der Waals surface area contributed by atoms with Crippen LogP contribution in [0.15, 0.2) is 12.4 Å². The van der Waals surface area contributed by atoms with Crippen LogP contribution in [0.1, 0.15) is 38.6 Å². The first-order chi connectivity index (χ1) is 5.29. The summed E-state index contributed by atoms with van der Waals surface area (Å²) in [5.41, 5.74) is 0. The summed E-state index contributed by atoms with van der Waals surface area (Å²) in [6.07, 6.45) is 6.31. The van der Waals surface area contributed by atoms with E-state index in [-0.39, 0.29) is 0 Å². The van der Waals surface area contributed by atoms with E-state index in [0.29, 0.717) is 6.04 Å². The summed E-state index contributed by atoms with van der Waals surface area (Å²) in [7, 11) is 0. The Kier molecular flexibility index (Phi) is 2.69. The molecular weight excluding hydrogens is 136 g/mol. The van der Waals surface area contributed by atoms with Crippen LogP contribution in [0.5, 0.6) is 0 Å². The molecule has 0 aliphatic carbocycles. The number of hydrogen-bond donors (Lipinski definition) is 0. The molecule has 11 heavy (non-hydrogen) atoms. The van der Waals surface area contributed by atoms with Gasteiger partial charge in [-0.3, -0.25) is 0 Å². The van der Waals surface area contributed by atoms with Crippen molar-refractivity contribution in [3.8, 4) is 0 Å². The number of aromatic nitrogens is 2. The fourth-order valence-electron chi connectivity index (χ4n) is 1.46. The van der Waals surface area contributed by atoms with Gasteiger partial charge in [-0.15, -0.1) is 0 Å². The van der Waals surface area contributed by atoms with Gasteiger partial charge >= 0.3 is 0 Å². The summed E-state index contributed by atoms with van der Waals surface area (Å²) >= 11 is 0. The highest BCUT2D eigenvalue weighted by molar-refractivity contribution is 4.91. The minimum Gasteiger partial charge on any atom is -0.332 e. The fraction of sp³-hybridized carbons (Fsp3) is 0.667. The van der Waals surface area contributed by atoms with Gasteiger partial charge in [0.25, 0.3) is 0 Å². The summed E-state index contributed by atoms with van der Waals surface area (Å²) in [5.74, 6) is 1.12. The van der Waals surface area contributed by atoms with Crippen LogP contribution in [-0.2, 0) is 0 Å².